The maximum absolute atomic E-state index is 15.2. The van der Waals surface area contributed by atoms with E-state index in [9.17, 15) is 19.9 Å². The lowest BCUT2D eigenvalue weighted by atomic mass is 10.0. The maximum atomic E-state index is 15.2. The van der Waals surface area contributed by atoms with Crippen molar-refractivity contribution < 1.29 is 33.3 Å². The number of aliphatic hydroxyl groups excluding tert-OH is 2. The molecule has 132 valence electrons. The molecule has 0 saturated heterocycles. The Bertz CT molecular complexity index is 585. The Labute approximate surface area is 134 Å². The average Bonchev–Trinajstić information content (AvgIpc) is 2.49. The summed E-state index contributed by atoms with van der Waals surface area (Å²) in [5.41, 5.74) is -0.0583. The van der Waals surface area contributed by atoms with Crippen molar-refractivity contribution in [2.45, 2.75) is 45.8 Å². The number of aliphatic hydroxyl groups is 2. The van der Waals surface area contributed by atoms with E-state index in [1.165, 1.54) is 20.8 Å². The van der Waals surface area contributed by atoms with Gasteiger partial charge in [0.1, 0.15) is 11.9 Å². The monoisotopic (exact) mass is 351 g/mol. The molecule has 7 nitrogen and oxygen atoms in total. The van der Waals surface area contributed by atoms with E-state index in [1.54, 1.807) is 0 Å². The highest BCUT2D eigenvalue weighted by molar-refractivity contribution is 7.55. The molecule has 2 unspecified atom stereocenters. The van der Waals surface area contributed by atoms with Gasteiger partial charge in [-0.05, 0) is 27.7 Å². The molecule has 0 aromatic carbocycles. The van der Waals surface area contributed by atoms with Gasteiger partial charge in [-0.2, -0.15) is 0 Å². The van der Waals surface area contributed by atoms with Gasteiger partial charge < -0.3 is 24.4 Å². The summed E-state index contributed by atoms with van der Waals surface area (Å²) in [6.07, 6.45) is -0.863. The van der Waals surface area contributed by atoms with Crippen LogP contribution in [0.15, 0.2) is 6.20 Å². The quantitative estimate of drug-likeness (QED) is 0.618. The van der Waals surface area contributed by atoms with Crippen LogP contribution >= 0.6 is 7.60 Å². The number of halogens is 1. The molecule has 0 aliphatic heterocycles. The van der Waals surface area contributed by atoms with Crippen molar-refractivity contribution >= 4 is 7.60 Å². The van der Waals surface area contributed by atoms with Crippen LogP contribution in [-0.2, 0) is 20.2 Å². The van der Waals surface area contributed by atoms with Crippen molar-refractivity contribution in [2.75, 3.05) is 13.2 Å². The Morgan fingerprint density at radius 3 is 2.35 bits per heavy atom. The van der Waals surface area contributed by atoms with E-state index in [4.69, 9.17) is 9.05 Å². The van der Waals surface area contributed by atoms with Crippen LogP contribution in [-0.4, -0.2) is 38.9 Å². The predicted molar refractivity (Wildman–Crippen MR) is 81.9 cm³/mol. The molecule has 0 spiro atoms. The largest absolute Gasteiger partial charge is 0.506 e. The number of aromatic nitrogens is 1. The molecule has 23 heavy (non-hydrogen) atoms. The van der Waals surface area contributed by atoms with Crippen LogP contribution < -0.4 is 0 Å². The van der Waals surface area contributed by atoms with Crippen molar-refractivity contribution in [1.82, 2.24) is 4.98 Å². The van der Waals surface area contributed by atoms with E-state index < -0.39 is 25.7 Å². The zero-order valence-corrected chi connectivity index (χ0v) is 14.5. The van der Waals surface area contributed by atoms with E-state index in [2.05, 4.69) is 4.98 Å². The number of aryl methyl sites for hydroxylation is 1. The van der Waals surface area contributed by atoms with Gasteiger partial charge in [-0.1, -0.05) is 0 Å². The van der Waals surface area contributed by atoms with E-state index in [0.717, 1.165) is 13.1 Å². The molecule has 0 aliphatic rings. The molecule has 0 amide bonds. The Balaban J connectivity index is 3.38. The van der Waals surface area contributed by atoms with Crippen molar-refractivity contribution in [3.8, 4) is 5.75 Å². The molecule has 0 fully saturated rings. The summed E-state index contributed by atoms with van der Waals surface area (Å²) in [5.74, 6) is -0.359. The topological polar surface area (TPSA) is 109 Å². The molecule has 1 rings (SSSR count). The highest BCUT2D eigenvalue weighted by Crippen LogP contribution is 2.65. The van der Waals surface area contributed by atoms with Gasteiger partial charge in [-0.3, -0.25) is 9.55 Å². The normalized spacial score (nSPS) is 16.1. The lowest BCUT2D eigenvalue weighted by Crippen LogP contribution is -2.31. The lowest BCUT2D eigenvalue weighted by Gasteiger charge is -2.33. The molecule has 0 aliphatic carbocycles. The van der Waals surface area contributed by atoms with Gasteiger partial charge in [0.05, 0.1) is 25.5 Å². The molecule has 1 aromatic heterocycles. The number of pyridine rings is 1. The van der Waals surface area contributed by atoms with Crippen LogP contribution in [0.1, 0.15) is 43.7 Å². The molecule has 9 heteroatoms. The first-order valence-electron chi connectivity index (χ1n) is 7.20. The fourth-order valence-electron chi connectivity index (χ4n) is 2.13. The second-order valence-corrected chi connectivity index (χ2v) is 7.43. The number of hydrogen-bond acceptors (Lipinski definition) is 7. The molecule has 0 bridgehead atoms. The van der Waals surface area contributed by atoms with Crippen molar-refractivity contribution in [3.05, 3.63) is 23.0 Å². The molecular formula is C14H23FNO6P. The smallest absolute Gasteiger partial charge is 0.370 e. The molecule has 1 aromatic rings. The zero-order valence-electron chi connectivity index (χ0n) is 13.6. The Kier molecular flexibility index (Phi) is 6.68. The molecule has 1 heterocycles. The van der Waals surface area contributed by atoms with Gasteiger partial charge in [-0.15, -0.1) is 0 Å². The molecule has 0 radical (unpaired) electrons. The van der Waals surface area contributed by atoms with Gasteiger partial charge in [-0.25, -0.2) is 4.39 Å². The van der Waals surface area contributed by atoms with Gasteiger partial charge in [0.15, 0.2) is 0 Å². The van der Waals surface area contributed by atoms with E-state index in [0.29, 0.717) is 0 Å². The minimum atomic E-state index is -4.31. The third-order valence-electron chi connectivity index (χ3n) is 3.46. The van der Waals surface area contributed by atoms with Gasteiger partial charge in [0.25, 0.3) is 0 Å². The van der Waals surface area contributed by atoms with Gasteiger partial charge in [0.2, 0.25) is 5.41 Å². The Morgan fingerprint density at radius 1 is 1.39 bits per heavy atom. The first-order chi connectivity index (χ1) is 10.7. The number of rotatable bonds is 8. The summed E-state index contributed by atoms with van der Waals surface area (Å²) in [7, 11) is -4.31. The van der Waals surface area contributed by atoms with E-state index in [-0.39, 0.29) is 35.8 Å². The average molecular weight is 351 g/mol. The van der Waals surface area contributed by atoms with E-state index in [1.807, 2.05) is 0 Å². The fraction of sp³-hybridized carbons (Fsp3) is 0.643. The number of hydrogen-bond donors (Lipinski definition) is 3. The summed E-state index contributed by atoms with van der Waals surface area (Å²) in [5, 5.41) is 26.9. The van der Waals surface area contributed by atoms with Gasteiger partial charge >= 0.3 is 7.60 Å². The minimum absolute atomic E-state index is 0.0756. The number of alkyl halides is 1. The Hall–Kier alpha value is -1.05. The van der Waals surface area contributed by atoms with Crippen LogP contribution in [0.3, 0.4) is 0 Å². The lowest BCUT2D eigenvalue weighted by molar-refractivity contribution is 0.0275. The van der Waals surface area contributed by atoms with E-state index >= 15 is 4.39 Å². The van der Waals surface area contributed by atoms with Gasteiger partial charge in [0, 0.05) is 17.3 Å². The second-order valence-electron chi connectivity index (χ2n) is 5.04. The van der Waals surface area contributed by atoms with Crippen molar-refractivity contribution in [1.29, 1.82) is 0 Å². The summed E-state index contributed by atoms with van der Waals surface area (Å²) in [6, 6.07) is 0. The molecule has 3 N–H and O–H groups in total. The Morgan fingerprint density at radius 2 is 1.91 bits per heavy atom. The third kappa shape index (κ3) is 3.72. The van der Waals surface area contributed by atoms with Crippen molar-refractivity contribution in [2.24, 2.45) is 0 Å². The number of aromatic hydroxyl groups is 1. The highest BCUT2D eigenvalue weighted by Gasteiger charge is 2.54. The first-order valence-corrected chi connectivity index (χ1v) is 8.74. The van der Waals surface area contributed by atoms with Crippen molar-refractivity contribution in [3.63, 3.8) is 0 Å². The van der Waals surface area contributed by atoms with Crippen LogP contribution in [0.2, 0.25) is 0 Å². The SMILES string of the molecule is CCOP(=O)(OCC)C(C)(F)C(O)c1cnc(C)c(O)c1CO. The molecule has 2 atom stereocenters. The zero-order chi connectivity index (χ0) is 17.8. The summed E-state index contributed by atoms with van der Waals surface area (Å²) >= 11 is 0. The van der Waals surface area contributed by atoms with Crippen LogP contribution in [0.25, 0.3) is 0 Å². The maximum Gasteiger partial charge on any atom is 0.370 e. The van der Waals surface area contributed by atoms with Crippen LogP contribution in [0.4, 0.5) is 4.39 Å². The molecular weight excluding hydrogens is 328 g/mol. The summed E-state index contributed by atoms with van der Waals surface area (Å²) in [6.45, 7) is 4.62. The third-order valence-corrected chi connectivity index (χ3v) is 5.97. The summed E-state index contributed by atoms with van der Waals surface area (Å²) in [4.78, 5) is 3.84. The highest BCUT2D eigenvalue weighted by atomic mass is 31.2. The first kappa shape index (κ1) is 20.0. The van der Waals surface area contributed by atoms with Crippen LogP contribution in [0, 0.1) is 6.92 Å². The standard InChI is InChI=1S/C14H23FNO6P/c1-5-21-23(20,22-6-2)14(4,15)13(19)10-7-16-9(3)12(18)11(10)8-17/h7,13,17-19H,5-6,8H2,1-4H3. The fourth-order valence-corrected chi connectivity index (χ4v) is 3.82. The van der Waals surface area contributed by atoms with Crippen LogP contribution in [0.5, 0.6) is 5.75 Å². The second kappa shape index (κ2) is 7.68. The number of nitrogens with zero attached hydrogens (tertiary/aromatic N) is 1. The summed E-state index contributed by atoms with van der Waals surface area (Å²) < 4.78 is 37.8. The molecule has 0 saturated carbocycles. The minimum Gasteiger partial charge on any atom is -0.506 e. The predicted octanol–water partition coefficient (Wildman–Crippen LogP) is 2.57.